The van der Waals surface area contributed by atoms with Gasteiger partial charge in [0.1, 0.15) is 4.32 Å². The Kier molecular flexibility index (Phi) is 6.08. The maximum absolute atomic E-state index is 12.6. The van der Waals surface area contributed by atoms with Gasteiger partial charge in [0.2, 0.25) is 5.91 Å². The Hall–Kier alpha value is -2.44. The number of nitrogens with one attached hydrogen (secondary N) is 1. The number of nitrogens with zero attached hydrogens (tertiary/aromatic N) is 1. The van der Waals surface area contributed by atoms with Crippen LogP contribution in [0.2, 0.25) is 0 Å². The third kappa shape index (κ3) is 4.84. The molecule has 3 rings (SSSR count). The predicted molar refractivity (Wildman–Crippen MR) is 115 cm³/mol. The lowest BCUT2D eigenvalue weighted by atomic mass is 10.1. The van der Waals surface area contributed by atoms with Crippen molar-refractivity contribution in [3.8, 4) is 0 Å². The van der Waals surface area contributed by atoms with Gasteiger partial charge in [0.25, 0.3) is 5.91 Å². The first-order chi connectivity index (χ1) is 12.9. The average Bonchev–Trinajstić information content (AvgIpc) is 2.90. The minimum absolute atomic E-state index is 0.138. The van der Waals surface area contributed by atoms with Crippen LogP contribution < -0.4 is 5.32 Å². The fraction of sp³-hybridized carbons (Fsp3) is 0.190. The van der Waals surface area contributed by atoms with Crippen molar-refractivity contribution in [1.82, 2.24) is 4.90 Å². The zero-order chi connectivity index (χ0) is 19.4. The molecule has 0 aromatic heterocycles. The molecule has 0 bridgehead atoms. The zero-order valence-electron chi connectivity index (χ0n) is 15.2. The van der Waals surface area contributed by atoms with Gasteiger partial charge in [0, 0.05) is 18.7 Å². The van der Waals surface area contributed by atoms with Crippen molar-refractivity contribution < 1.29 is 9.59 Å². The molecule has 0 radical (unpaired) electrons. The average molecular weight is 397 g/mol. The Bertz CT molecular complexity index is 920. The molecule has 1 aliphatic heterocycles. The van der Waals surface area contributed by atoms with E-state index in [1.54, 1.807) is 0 Å². The van der Waals surface area contributed by atoms with E-state index in [1.807, 2.05) is 68.5 Å². The van der Waals surface area contributed by atoms with E-state index in [9.17, 15) is 9.59 Å². The number of rotatable bonds is 5. The SMILES string of the molecule is Cc1ccc(/C=C2/SC(=S)N(CCC(=O)Nc3ccccc3C)C2=O)cc1. The molecule has 1 aliphatic rings. The van der Waals surface area contributed by atoms with E-state index < -0.39 is 0 Å². The molecule has 2 aromatic carbocycles. The molecule has 0 aliphatic carbocycles. The van der Waals surface area contributed by atoms with E-state index in [-0.39, 0.29) is 24.8 Å². The molecule has 1 saturated heterocycles. The smallest absolute Gasteiger partial charge is 0.266 e. The molecule has 6 heteroatoms. The Morgan fingerprint density at radius 1 is 1.15 bits per heavy atom. The fourth-order valence-corrected chi connectivity index (χ4v) is 3.95. The summed E-state index contributed by atoms with van der Waals surface area (Å²) in [7, 11) is 0. The molecule has 0 saturated carbocycles. The minimum atomic E-state index is -0.144. The van der Waals surface area contributed by atoms with Gasteiger partial charge >= 0.3 is 0 Å². The highest BCUT2D eigenvalue weighted by atomic mass is 32.2. The quantitative estimate of drug-likeness (QED) is 0.596. The molecule has 138 valence electrons. The first-order valence-electron chi connectivity index (χ1n) is 8.61. The summed E-state index contributed by atoms with van der Waals surface area (Å²) >= 11 is 6.61. The van der Waals surface area contributed by atoms with E-state index in [0.29, 0.717) is 9.23 Å². The van der Waals surface area contributed by atoms with Gasteiger partial charge in [-0.3, -0.25) is 14.5 Å². The van der Waals surface area contributed by atoms with E-state index >= 15 is 0 Å². The standard InChI is InChI=1S/C21H20N2O2S2/c1-14-7-9-16(10-8-14)13-18-20(25)23(21(26)27-18)12-11-19(24)22-17-6-4-3-5-15(17)2/h3-10,13H,11-12H2,1-2H3,(H,22,24)/b18-13+. The molecule has 1 heterocycles. The van der Waals surface area contributed by atoms with Crippen LogP contribution in [-0.4, -0.2) is 27.6 Å². The number of para-hydroxylation sites is 1. The number of thiocarbonyl (C=S) groups is 1. The Balaban J connectivity index is 1.61. The summed E-state index contributed by atoms with van der Waals surface area (Å²) in [5, 5.41) is 2.88. The second kappa shape index (κ2) is 8.50. The van der Waals surface area contributed by atoms with Gasteiger partial charge in [0.15, 0.2) is 0 Å². The van der Waals surface area contributed by atoms with Gasteiger partial charge in [-0.25, -0.2) is 0 Å². The Morgan fingerprint density at radius 2 is 1.85 bits per heavy atom. The van der Waals surface area contributed by atoms with Crippen molar-refractivity contribution in [1.29, 1.82) is 0 Å². The number of carbonyl (C=O) groups is 2. The van der Waals surface area contributed by atoms with E-state index in [4.69, 9.17) is 12.2 Å². The van der Waals surface area contributed by atoms with Crippen molar-refractivity contribution in [2.75, 3.05) is 11.9 Å². The van der Waals surface area contributed by atoms with Gasteiger partial charge in [0.05, 0.1) is 4.91 Å². The number of hydrogen-bond acceptors (Lipinski definition) is 4. The molecule has 4 nitrogen and oxygen atoms in total. The lowest BCUT2D eigenvalue weighted by Gasteiger charge is -2.14. The lowest BCUT2D eigenvalue weighted by molar-refractivity contribution is -0.122. The molecule has 1 N–H and O–H groups in total. The van der Waals surface area contributed by atoms with Crippen molar-refractivity contribution in [2.45, 2.75) is 20.3 Å². The van der Waals surface area contributed by atoms with Gasteiger partial charge < -0.3 is 5.32 Å². The fourth-order valence-electron chi connectivity index (χ4n) is 2.65. The number of carbonyl (C=O) groups excluding carboxylic acids is 2. The largest absolute Gasteiger partial charge is 0.326 e. The Morgan fingerprint density at radius 3 is 2.56 bits per heavy atom. The second-order valence-corrected chi connectivity index (χ2v) is 8.03. The molecular weight excluding hydrogens is 376 g/mol. The summed E-state index contributed by atoms with van der Waals surface area (Å²) in [6.45, 7) is 4.23. The minimum Gasteiger partial charge on any atom is -0.326 e. The lowest BCUT2D eigenvalue weighted by Crippen LogP contribution is -2.31. The number of benzene rings is 2. The van der Waals surface area contributed by atoms with Crippen molar-refractivity contribution >= 4 is 51.9 Å². The van der Waals surface area contributed by atoms with Crippen molar-refractivity contribution in [2.24, 2.45) is 0 Å². The third-order valence-corrected chi connectivity index (χ3v) is 5.61. The zero-order valence-corrected chi connectivity index (χ0v) is 16.8. The summed E-state index contributed by atoms with van der Waals surface area (Å²) < 4.78 is 0.488. The molecule has 2 aromatic rings. The number of hydrogen-bond donors (Lipinski definition) is 1. The van der Waals surface area contributed by atoms with Crippen LogP contribution in [0.1, 0.15) is 23.1 Å². The van der Waals surface area contributed by atoms with E-state index in [0.717, 1.165) is 16.8 Å². The van der Waals surface area contributed by atoms with E-state index in [1.165, 1.54) is 22.2 Å². The van der Waals surface area contributed by atoms with Crippen LogP contribution in [0, 0.1) is 13.8 Å². The summed E-state index contributed by atoms with van der Waals surface area (Å²) in [6.07, 6.45) is 2.03. The van der Waals surface area contributed by atoms with Crippen LogP contribution in [0.4, 0.5) is 5.69 Å². The first kappa shape index (κ1) is 19.3. The molecule has 1 fully saturated rings. The van der Waals surface area contributed by atoms with Crippen LogP contribution >= 0.6 is 24.0 Å². The second-order valence-electron chi connectivity index (χ2n) is 6.36. The van der Waals surface area contributed by atoms with Gasteiger partial charge in [-0.05, 0) is 37.1 Å². The molecular formula is C21H20N2O2S2. The van der Waals surface area contributed by atoms with Crippen molar-refractivity contribution in [3.05, 3.63) is 70.1 Å². The molecule has 0 unspecified atom stereocenters. The number of aryl methyl sites for hydroxylation is 2. The normalized spacial score (nSPS) is 15.5. The van der Waals surface area contributed by atoms with Crippen LogP contribution in [0.5, 0.6) is 0 Å². The first-order valence-corrected chi connectivity index (χ1v) is 9.84. The maximum atomic E-state index is 12.6. The number of thioether (sulfide) groups is 1. The third-order valence-electron chi connectivity index (χ3n) is 4.23. The summed E-state index contributed by atoms with van der Waals surface area (Å²) in [6, 6.07) is 15.5. The van der Waals surface area contributed by atoms with Crippen LogP contribution in [0.25, 0.3) is 6.08 Å². The highest BCUT2D eigenvalue weighted by Gasteiger charge is 2.32. The van der Waals surface area contributed by atoms with E-state index in [2.05, 4.69) is 5.32 Å². The topological polar surface area (TPSA) is 49.4 Å². The van der Waals surface area contributed by atoms with Crippen LogP contribution in [0.15, 0.2) is 53.4 Å². The molecule has 0 atom stereocenters. The molecule has 2 amide bonds. The molecule has 27 heavy (non-hydrogen) atoms. The highest BCUT2D eigenvalue weighted by Crippen LogP contribution is 2.32. The number of amides is 2. The van der Waals surface area contributed by atoms with Crippen molar-refractivity contribution in [3.63, 3.8) is 0 Å². The van der Waals surface area contributed by atoms with Gasteiger partial charge in [-0.1, -0.05) is 72.0 Å². The maximum Gasteiger partial charge on any atom is 0.266 e. The van der Waals surface area contributed by atoms with Gasteiger partial charge in [-0.15, -0.1) is 0 Å². The summed E-state index contributed by atoms with van der Waals surface area (Å²) in [4.78, 5) is 26.9. The predicted octanol–water partition coefficient (Wildman–Crippen LogP) is 4.53. The highest BCUT2D eigenvalue weighted by molar-refractivity contribution is 8.26. The monoisotopic (exact) mass is 396 g/mol. The summed E-state index contributed by atoms with van der Waals surface area (Å²) in [5.74, 6) is -0.282. The van der Waals surface area contributed by atoms with Crippen LogP contribution in [-0.2, 0) is 9.59 Å². The number of anilines is 1. The van der Waals surface area contributed by atoms with Gasteiger partial charge in [-0.2, -0.15) is 0 Å². The molecule has 0 spiro atoms. The van der Waals surface area contributed by atoms with Crippen LogP contribution in [0.3, 0.4) is 0 Å². The Labute approximate surface area is 168 Å². The summed E-state index contributed by atoms with van der Waals surface area (Å²) in [5.41, 5.74) is 3.91.